The molecule has 2 amide bonds. The number of rotatable bonds is 4. The Morgan fingerprint density at radius 2 is 1.94 bits per heavy atom. The topological polar surface area (TPSA) is 150 Å². The minimum absolute atomic E-state index is 0.0117. The van der Waals surface area contributed by atoms with Crippen LogP contribution < -0.4 is 27.2 Å². The molecule has 0 spiro atoms. The van der Waals surface area contributed by atoms with E-state index in [4.69, 9.17) is 15.9 Å². The number of hydrazine groups is 1. The Kier molecular flexibility index (Phi) is 7.46. The molecule has 7 N–H and O–H groups in total. The summed E-state index contributed by atoms with van der Waals surface area (Å²) in [5.41, 5.74) is 11.4. The molecule has 2 aliphatic heterocycles. The molecule has 1 fully saturated rings. The third kappa shape index (κ3) is 5.57. The molecule has 0 aromatic heterocycles. The number of amides is 2. The molecule has 0 radical (unpaired) electrons. The molecule has 1 atom stereocenters. The van der Waals surface area contributed by atoms with Crippen LogP contribution in [0.2, 0.25) is 0 Å². The standard InChI is InChI=1S/C21H22FN5O3.CH6N2/c1-12(28)25-8-17-11-27(21(29)30-17)16-4-5-18(19(22)7-16)13-2-3-14-9-26(20(23)24)10-15(14)6-13;1-3-2/h2-7,17H,8-11H2,1H3,(H3,23,24)(H,25,28);3H,2H2,1H3. The molecule has 0 saturated carbocycles. The molecular formula is C22H28FN7O3. The molecule has 2 aromatic carbocycles. The Morgan fingerprint density at radius 3 is 2.58 bits per heavy atom. The second-order valence-electron chi connectivity index (χ2n) is 7.73. The van der Waals surface area contributed by atoms with Crippen molar-refractivity contribution in [1.29, 1.82) is 5.41 Å². The lowest BCUT2D eigenvalue weighted by Crippen LogP contribution is -2.33. The van der Waals surface area contributed by atoms with Crippen LogP contribution in [0.3, 0.4) is 0 Å². The fourth-order valence-corrected chi connectivity index (χ4v) is 3.73. The number of guanidine groups is 1. The van der Waals surface area contributed by atoms with Gasteiger partial charge in [0.25, 0.3) is 0 Å². The zero-order valence-electron chi connectivity index (χ0n) is 18.5. The van der Waals surface area contributed by atoms with Crippen molar-refractivity contribution in [2.75, 3.05) is 25.0 Å². The maximum Gasteiger partial charge on any atom is 0.414 e. The molecule has 33 heavy (non-hydrogen) atoms. The number of hydrogen-bond acceptors (Lipinski definition) is 6. The van der Waals surface area contributed by atoms with Gasteiger partial charge in [-0.25, -0.2) is 9.18 Å². The van der Waals surface area contributed by atoms with Gasteiger partial charge in [-0.05, 0) is 48.0 Å². The summed E-state index contributed by atoms with van der Waals surface area (Å²) in [6, 6.07) is 10.3. The lowest BCUT2D eigenvalue weighted by atomic mass is 10.00. The van der Waals surface area contributed by atoms with Crippen molar-refractivity contribution in [1.82, 2.24) is 15.6 Å². The molecule has 2 heterocycles. The average Bonchev–Trinajstić information content (AvgIpc) is 3.35. The Bertz CT molecular complexity index is 1060. The third-order valence-corrected chi connectivity index (χ3v) is 5.30. The van der Waals surface area contributed by atoms with Crippen LogP contribution >= 0.6 is 0 Å². The molecular weight excluding hydrogens is 429 g/mol. The zero-order chi connectivity index (χ0) is 24.1. The molecule has 2 aromatic rings. The van der Waals surface area contributed by atoms with Gasteiger partial charge in [0.15, 0.2) is 5.96 Å². The number of carbonyl (C=O) groups is 2. The summed E-state index contributed by atoms with van der Waals surface area (Å²) in [4.78, 5) is 26.3. The van der Waals surface area contributed by atoms with Crippen molar-refractivity contribution in [3.05, 3.63) is 53.3 Å². The van der Waals surface area contributed by atoms with E-state index in [1.807, 2.05) is 18.2 Å². The molecule has 0 aliphatic carbocycles. The predicted molar refractivity (Wildman–Crippen MR) is 123 cm³/mol. The van der Waals surface area contributed by atoms with Crippen LogP contribution in [-0.2, 0) is 22.6 Å². The molecule has 4 rings (SSSR count). The number of hydrogen-bond donors (Lipinski definition) is 5. The minimum Gasteiger partial charge on any atom is -0.442 e. The van der Waals surface area contributed by atoms with E-state index >= 15 is 0 Å². The summed E-state index contributed by atoms with van der Waals surface area (Å²) in [6.07, 6.45) is -1.05. The second kappa shape index (κ2) is 10.3. The van der Waals surface area contributed by atoms with E-state index in [0.29, 0.717) is 24.3 Å². The van der Waals surface area contributed by atoms with Crippen LogP contribution in [-0.4, -0.2) is 49.1 Å². The number of anilines is 1. The van der Waals surface area contributed by atoms with Gasteiger partial charge in [-0.1, -0.05) is 12.1 Å². The molecule has 10 nitrogen and oxygen atoms in total. The molecule has 176 valence electrons. The number of fused-ring (bicyclic) bond motifs is 1. The van der Waals surface area contributed by atoms with Gasteiger partial charge in [0.05, 0.1) is 18.8 Å². The van der Waals surface area contributed by atoms with Gasteiger partial charge in [-0.2, -0.15) is 0 Å². The van der Waals surface area contributed by atoms with E-state index in [2.05, 4.69) is 16.6 Å². The van der Waals surface area contributed by atoms with E-state index < -0.39 is 18.0 Å². The smallest absolute Gasteiger partial charge is 0.414 e. The summed E-state index contributed by atoms with van der Waals surface area (Å²) >= 11 is 0. The highest BCUT2D eigenvalue weighted by Gasteiger charge is 2.32. The fraction of sp³-hybridized carbons (Fsp3) is 0.318. The van der Waals surface area contributed by atoms with Crippen LogP contribution in [0.25, 0.3) is 11.1 Å². The first-order valence-electron chi connectivity index (χ1n) is 10.3. The zero-order valence-corrected chi connectivity index (χ0v) is 18.5. The number of benzene rings is 2. The lowest BCUT2D eigenvalue weighted by molar-refractivity contribution is -0.119. The first-order valence-corrected chi connectivity index (χ1v) is 10.3. The summed E-state index contributed by atoms with van der Waals surface area (Å²) in [5.74, 6) is 3.95. The highest BCUT2D eigenvalue weighted by Crippen LogP contribution is 2.32. The summed E-state index contributed by atoms with van der Waals surface area (Å²) in [5, 5.41) is 10.2. The molecule has 11 heteroatoms. The van der Waals surface area contributed by atoms with Crippen LogP contribution in [0.15, 0.2) is 36.4 Å². The number of nitrogens with one attached hydrogen (secondary N) is 3. The maximum atomic E-state index is 14.9. The van der Waals surface area contributed by atoms with Crippen molar-refractivity contribution in [2.24, 2.45) is 11.6 Å². The highest BCUT2D eigenvalue weighted by molar-refractivity contribution is 5.90. The number of ether oxygens (including phenoxy) is 1. The summed E-state index contributed by atoms with van der Waals surface area (Å²) in [6.45, 7) is 2.93. The number of cyclic esters (lactones) is 1. The van der Waals surface area contributed by atoms with E-state index in [-0.39, 0.29) is 25.0 Å². The van der Waals surface area contributed by atoms with Gasteiger partial charge >= 0.3 is 6.09 Å². The summed E-state index contributed by atoms with van der Waals surface area (Å²) in [7, 11) is 1.65. The maximum absolute atomic E-state index is 14.9. The molecule has 1 unspecified atom stereocenters. The van der Waals surface area contributed by atoms with Crippen molar-refractivity contribution >= 4 is 23.6 Å². The molecule has 0 bridgehead atoms. The van der Waals surface area contributed by atoms with Crippen LogP contribution in [0.5, 0.6) is 0 Å². The Balaban J connectivity index is 0.000000968. The second-order valence-corrected chi connectivity index (χ2v) is 7.73. The molecule has 2 aliphatic rings. The fourth-order valence-electron chi connectivity index (χ4n) is 3.73. The minimum atomic E-state index is -0.570. The first-order chi connectivity index (χ1) is 15.7. The quantitative estimate of drug-likeness (QED) is 0.201. The Labute approximate surface area is 191 Å². The predicted octanol–water partition coefficient (Wildman–Crippen LogP) is 1.24. The Morgan fingerprint density at radius 1 is 1.24 bits per heavy atom. The average molecular weight is 458 g/mol. The van der Waals surface area contributed by atoms with Gasteiger partial charge in [-0.15, -0.1) is 0 Å². The Hall–Kier alpha value is -3.70. The summed E-state index contributed by atoms with van der Waals surface area (Å²) < 4.78 is 20.2. The van der Waals surface area contributed by atoms with Crippen molar-refractivity contribution < 1.29 is 18.7 Å². The number of nitrogens with two attached hydrogens (primary N) is 2. The normalized spacial score (nSPS) is 16.6. The van der Waals surface area contributed by atoms with Crippen molar-refractivity contribution in [3.63, 3.8) is 0 Å². The van der Waals surface area contributed by atoms with Crippen LogP contribution in [0.1, 0.15) is 18.1 Å². The van der Waals surface area contributed by atoms with Gasteiger partial charge < -0.3 is 20.7 Å². The monoisotopic (exact) mass is 457 g/mol. The van der Waals surface area contributed by atoms with E-state index in [1.54, 1.807) is 24.1 Å². The number of halogens is 1. The van der Waals surface area contributed by atoms with Gasteiger partial charge in [-0.3, -0.25) is 26.4 Å². The highest BCUT2D eigenvalue weighted by atomic mass is 19.1. The number of nitrogens with zero attached hydrogens (tertiary/aromatic N) is 2. The number of carbonyl (C=O) groups excluding carboxylic acids is 2. The van der Waals surface area contributed by atoms with Crippen LogP contribution in [0.4, 0.5) is 14.9 Å². The first kappa shape index (κ1) is 24.0. The van der Waals surface area contributed by atoms with E-state index in [0.717, 1.165) is 16.7 Å². The lowest BCUT2D eigenvalue weighted by Gasteiger charge is -2.15. The SMILES string of the molecule is CC(=O)NCC1CN(c2ccc(-c3ccc4c(c3)CN(C(=N)N)C4)c(F)c2)C(=O)O1.CNN. The van der Waals surface area contributed by atoms with Gasteiger partial charge in [0.1, 0.15) is 11.9 Å². The third-order valence-electron chi connectivity index (χ3n) is 5.30. The molecule has 1 saturated heterocycles. The van der Waals surface area contributed by atoms with Crippen molar-refractivity contribution in [3.8, 4) is 11.1 Å². The van der Waals surface area contributed by atoms with Crippen LogP contribution in [0, 0.1) is 11.2 Å². The largest absolute Gasteiger partial charge is 0.442 e. The van der Waals surface area contributed by atoms with Gasteiger partial charge in [0.2, 0.25) is 5.91 Å². The van der Waals surface area contributed by atoms with Crippen molar-refractivity contribution in [2.45, 2.75) is 26.1 Å². The van der Waals surface area contributed by atoms with E-state index in [9.17, 15) is 14.0 Å². The van der Waals surface area contributed by atoms with Gasteiger partial charge in [0, 0.05) is 25.6 Å². The van der Waals surface area contributed by atoms with E-state index in [1.165, 1.54) is 17.9 Å².